The number of amides is 2. The van der Waals surface area contributed by atoms with Crippen molar-refractivity contribution in [1.29, 1.82) is 0 Å². The summed E-state index contributed by atoms with van der Waals surface area (Å²) >= 11 is 0. The Kier molecular flexibility index (Phi) is 9.41. The Morgan fingerprint density at radius 3 is 2.45 bits per heavy atom. The Morgan fingerprint density at radius 2 is 1.71 bits per heavy atom. The number of methoxy groups -OCH3 is 2. The SMILES string of the molecule is COc1ccc(CCN(C(=O)Cc2c[nH]c3ccccc23)[C@@H](C(=O)NC2CCCCC2)c2ccc(F)cc2)cc1OC. The van der Waals surface area contributed by atoms with E-state index in [-0.39, 0.29) is 30.8 Å². The normalized spacial score (nSPS) is 14.4. The van der Waals surface area contributed by atoms with Crippen LogP contribution in [-0.4, -0.2) is 48.5 Å². The summed E-state index contributed by atoms with van der Waals surface area (Å²) in [6.45, 7) is 0.275. The van der Waals surface area contributed by atoms with Crippen molar-refractivity contribution in [2.75, 3.05) is 20.8 Å². The summed E-state index contributed by atoms with van der Waals surface area (Å²) in [6.07, 6.45) is 7.56. The molecule has 8 heteroatoms. The van der Waals surface area contributed by atoms with E-state index in [4.69, 9.17) is 9.47 Å². The molecule has 1 saturated carbocycles. The smallest absolute Gasteiger partial charge is 0.247 e. The van der Waals surface area contributed by atoms with Gasteiger partial charge in [-0.25, -0.2) is 4.39 Å². The minimum atomic E-state index is -0.912. The van der Waals surface area contributed by atoms with Gasteiger partial charge in [0.1, 0.15) is 11.9 Å². The van der Waals surface area contributed by atoms with Gasteiger partial charge < -0.3 is 24.7 Å². The first-order valence-corrected chi connectivity index (χ1v) is 14.6. The first-order chi connectivity index (χ1) is 20.5. The molecule has 1 aromatic heterocycles. The predicted octanol–water partition coefficient (Wildman–Crippen LogP) is 6.13. The lowest BCUT2D eigenvalue weighted by Gasteiger charge is -2.33. The second-order valence-corrected chi connectivity index (χ2v) is 10.9. The summed E-state index contributed by atoms with van der Waals surface area (Å²) in [4.78, 5) is 33.1. The highest BCUT2D eigenvalue weighted by atomic mass is 19.1. The molecule has 0 radical (unpaired) electrons. The number of nitrogens with zero attached hydrogens (tertiary/aromatic N) is 1. The predicted molar refractivity (Wildman–Crippen MR) is 161 cm³/mol. The Bertz CT molecular complexity index is 1510. The number of aromatic nitrogens is 1. The summed E-state index contributed by atoms with van der Waals surface area (Å²) in [6, 6.07) is 18.5. The maximum absolute atomic E-state index is 14.2. The molecule has 0 unspecified atom stereocenters. The van der Waals surface area contributed by atoms with Gasteiger partial charge >= 0.3 is 0 Å². The van der Waals surface area contributed by atoms with Gasteiger partial charge in [-0.3, -0.25) is 9.59 Å². The summed E-state index contributed by atoms with van der Waals surface area (Å²) in [7, 11) is 3.17. The lowest BCUT2D eigenvalue weighted by molar-refractivity contribution is -0.140. The number of aromatic amines is 1. The molecular formula is C34H38FN3O4. The van der Waals surface area contributed by atoms with Crippen LogP contribution in [0.15, 0.2) is 72.9 Å². The molecular weight excluding hydrogens is 533 g/mol. The fourth-order valence-electron chi connectivity index (χ4n) is 5.87. The molecule has 0 aliphatic heterocycles. The maximum atomic E-state index is 14.2. The van der Waals surface area contributed by atoms with E-state index in [0.29, 0.717) is 23.5 Å². The average molecular weight is 572 g/mol. The third-order valence-corrected chi connectivity index (χ3v) is 8.12. The molecule has 1 fully saturated rings. The molecule has 0 saturated heterocycles. The number of para-hydroxylation sites is 1. The Labute approximate surface area is 246 Å². The molecule has 0 bridgehead atoms. The van der Waals surface area contributed by atoms with Crippen LogP contribution < -0.4 is 14.8 Å². The van der Waals surface area contributed by atoms with Crippen molar-refractivity contribution in [3.05, 3.63) is 95.4 Å². The molecule has 42 heavy (non-hydrogen) atoms. The molecule has 7 nitrogen and oxygen atoms in total. The molecule has 3 aromatic carbocycles. The van der Waals surface area contributed by atoms with Crippen LogP contribution in [0.5, 0.6) is 11.5 Å². The van der Waals surface area contributed by atoms with Crippen LogP contribution in [0, 0.1) is 5.82 Å². The van der Waals surface area contributed by atoms with Crippen molar-refractivity contribution in [3.63, 3.8) is 0 Å². The highest BCUT2D eigenvalue weighted by molar-refractivity contribution is 5.92. The fraction of sp³-hybridized carbons (Fsp3) is 0.353. The van der Waals surface area contributed by atoms with Gasteiger partial charge in [-0.05, 0) is 66.3 Å². The summed E-state index contributed by atoms with van der Waals surface area (Å²) in [5, 5.41) is 4.19. The number of hydrogen-bond acceptors (Lipinski definition) is 4. The van der Waals surface area contributed by atoms with Crippen molar-refractivity contribution in [2.45, 2.75) is 57.0 Å². The van der Waals surface area contributed by atoms with Crippen molar-refractivity contribution in [1.82, 2.24) is 15.2 Å². The van der Waals surface area contributed by atoms with E-state index in [0.717, 1.165) is 54.1 Å². The standard InChI is InChI=1S/C34H38FN3O4/c1-41-30-17-12-23(20-31(30)42-2)18-19-38(32(39)21-25-22-36-29-11-7-6-10-28(25)29)33(24-13-15-26(35)16-14-24)34(40)37-27-8-4-3-5-9-27/h6-7,10-17,20,22,27,33,36H,3-5,8-9,18-19,21H2,1-2H3,(H,37,40)/t33-/m1/s1. The second kappa shape index (κ2) is 13.6. The van der Waals surface area contributed by atoms with E-state index < -0.39 is 11.9 Å². The van der Waals surface area contributed by atoms with Crippen LogP contribution in [0.25, 0.3) is 10.9 Å². The van der Waals surface area contributed by atoms with Gasteiger partial charge in [0.25, 0.3) is 0 Å². The molecule has 5 rings (SSSR count). The van der Waals surface area contributed by atoms with Gasteiger partial charge in [-0.2, -0.15) is 0 Å². The molecule has 2 amide bonds. The minimum absolute atomic E-state index is 0.0608. The molecule has 1 atom stereocenters. The zero-order valence-electron chi connectivity index (χ0n) is 24.2. The first-order valence-electron chi connectivity index (χ1n) is 14.6. The number of H-pyrrole nitrogens is 1. The molecule has 4 aromatic rings. The third kappa shape index (κ3) is 6.75. The maximum Gasteiger partial charge on any atom is 0.247 e. The van der Waals surface area contributed by atoms with Gasteiger partial charge in [-0.15, -0.1) is 0 Å². The number of ether oxygens (including phenoxy) is 2. The Balaban J connectivity index is 1.49. The molecule has 0 spiro atoms. The van der Waals surface area contributed by atoms with Gasteiger partial charge in [0.05, 0.1) is 20.6 Å². The average Bonchev–Trinajstić information content (AvgIpc) is 3.42. The fourth-order valence-corrected chi connectivity index (χ4v) is 5.87. The van der Waals surface area contributed by atoms with E-state index in [1.54, 1.807) is 31.3 Å². The van der Waals surface area contributed by atoms with Crippen molar-refractivity contribution in [3.8, 4) is 11.5 Å². The number of hydrogen-bond donors (Lipinski definition) is 2. The number of benzene rings is 3. The number of nitrogens with one attached hydrogen (secondary N) is 2. The van der Waals surface area contributed by atoms with E-state index in [9.17, 15) is 14.0 Å². The van der Waals surface area contributed by atoms with Crippen LogP contribution in [0.1, 0.15) is 54.8 Å². The highest BCUT2D eigenvalue weighted by Crippen LogP contribution is 2.30. The zero-order valence-corrected chi connectivity index (χ0v) is 24.2. The third-order valence-electron chi connectivity index (χ3n) is 8.12. The summed E-state index contributed by atoms with van der Waals surface area (Å²) in [5.41, 5.74) is 3.31. The Hall–Kier alpha value is -4.33. The molecule has 1 heterocycles. The quantitative estimate of drug-likeness (QED) is 0.227. The van der Waals surface area contributed by atoms with Gasteiger partial charge in [0, 0.05) is 29.7 Å². The topological polar surface area (TPSA) is 83.7 Å². The van der Waals surface area contributed by atoms with Gasteiger partial charge in [-0.1, -0.05) is 55.7 Å². The van der Waals surface area contributed by atoms with E-state index in [1.807, 2.05) is 48.7 Å². The van der Waals surface area contributed by atoms with E-state index in [2.05, 4.69) is 10.3 Å². The van der Waals surface area contributed by atoms with Crippen molar-refractivity contribution < 1.29 is 23.5 Å². The van der Waals surface area contributed by atoms with Crippen molar-refractivity contribution in [2.24, 2.45) is 0 Å². The van der Waals surface area contributed by atoms with Gasteiger partial charge in [0.2, 0.25) is 11.8 Å². The minimum Gasteiger partial charge on any atom is -0.493 e. The number of halogens is 1. The molecule has 1 aliphatic carbocycles. The van der Waals surface area contributed by atoms with Crippen LogP contribution in [0.3, 0.4) is 0 Å². The Morgan fingerprint density at radius 1 is 0.976 bits per heavy atom. The van der Waals surface area contributed by atoms with Crippen molar-refractivity contribution >= 4 is 22.7 Å². The molecule has 220 valence electrons. The lowest BCUT2D eigenvalue weighted by Crippen LogP contribution is -2.48. The molecule has 2 N–H and O–H groups in total. The zero-order chi connectivity index (χ0) is 29.5. The van der Waals surface area contributed by atoms with Gasteiger partial charge in [0.15, 0.2) is 11.5 Å². The highest BCUT2D eigenvalue weighted by Gasteiger charge is 2.33. The molecule has 1 aliphatic rings. The second-order valence-electron chi connectivity index (χ2n) is 10.9. The van der Waals surface area contributed by atoms with Crippen LogP contribution >= 0.6 is 0 Å². The number of carbonyl (C=O) groups is 2. The van der Waals surface area contributed by atoms with Crippen LogP contribution in [-0.2, 0) is 22.4 Å². The summed E-state index contributed by atoms with van der Waals surface area (Å²) < 4.78 is 24.8. The summed E-state index contributed by atoms with van der Waals surface area (Å²) in [5.74, 6) is 0.384. The number of rotatable bonds is 11. The monoisotopic (exact) mass is 571 g/mol. The van der Waals surface area contributed by atoms with Crippen LogP contribution in [0.2, 0.25) is 0 Å². The van der Waals surface area contributed by atoms with Crippen LogP contribution in [0.4, 0.5) is 4.39 Å². The number of fused-ring (bicyclic) bond motifs is 1. The lowest BCUT2D eigenvalue weighted by atomic mass is 9.94. The van der Waals surface area contributed by atoms with E-state index >= 15 is 0 Å². The largest absolute Gasteiger partial charge is 0.493 e. The van der Waals surface area contributed by atoms with E-state index in [1.165, 1.54) is 12.1 Å². The number of carbonyl (C=O) groups excluding carboxylic acids is 2. The first kappa shape index (κ1) is 29.2.